The van der Waals surface area contributed by atoms with Crippen molar-refractivity contribution in [2.75, 3.05) is 26.7 Å². The lowest BCUT2D eigenvalue weighted by Gasteiger charge is -2.39. The number of aromatic nitrogens is 1. The molecule has 16 heteroatoms. The second kappa shape index (κ2) is 13.5. The van der Waals surface area contributed by atoms with Crippen LogP contribution in [0, 0.1) is 13.8 Å². The van der Waals surface area contributed by atoms with Crippen LogP contribution in [-0.2, 0) is 27.4 Å². The zero-order chi connectivity index (χ0) is 30.3. The van der Waals surface area contributed by atoms with Gasteiger partial charge in [0.2, 0.25) is 0 Å². The molecule has 2 aromatic heterocycles. The lowest BCUT2D eigenvalue weighted by molar-refractivity contribution is -0.193. The Morgan fingerprint density at radius 3 is 2.08 bits per heavy atom. The van der Waals surface area contributed by atoms with Crippen LogP contribution in [0.1, 0.15) is 42.0 Å². The zero-order valence-corrected chi connectivity index (χ0v) is 22.0. The summed E-state index contributed by atoms with van der Waals surface area (Å²) in [6, 6.07) is 4.45. The number of piperidine rings is 1. The average Bonchev–Trinajstić information content (AvgIpc) is 3.58. The third-order valence-corrected chi connectivity index (χ3v) is 6.61. The fourth-order valence-electron chi connectivity index (χ4n) is 4.30. The number of carboxylic acids is 2. The molecule has 1 unspecified atom stereocenters. The molecular weight excluding hydrogens is 556 g/mol. The van der Waals surface area contributed by atoms with E-state index in [9.17, 15) is 26.3 Å². The maximum Gasteiger partial charge on any atom is 0.490 e. The summed E-state index contributed by atoms with van der Waals surface area (Å²) < 4.78 is 80.6. The first-order chi connectivity index (χ1) is 18.4. The maximum absolute atomic E-state index is 10.6. The van der Waals surface area contributed by atoms with Crippen LogP contribution in [0.4, 0.5) is 26.3 Å². The number of carboxylic acid groups (broad SMARTS) is 2. The number of furan rings is 1. The van der Waals surface area contributed by atoms with Gasteiger partial charge in [-0.15, -0.1) is 0 Å². The number of hydrogen-bond donors (Lipinski definition) is 2. The van der Waals surface area contributed by atoms with Gasteiger partial charge in [-0.3, -0.25) is 9.80 Å². The first-order valence-electron chi connectivity index (χ1n) is 12.0. The number of carbonyl (C=O) groups is 2. The third kappa shape index (κ3) is 9.82. The van der Waals surface area contributed by atoms with Gasteiger partial charge in [0.25, 0.3) is 0 Å². The fourth-order valence-corrected chi connectivity index (χ4v) is 4.30. The summed E-state index contributed by atoms with van der Waals surface area (Å²) in [6.07, 6.45) is -5.11. The summed E-state index contributed by atoms with van der Waals surface area (Å²) in [7, 11) is 2.17. The van der Waals surface area contributed by atoms with E-state index in [-0.39, 0.29) is 5.60 Å². The Balaban J connectivity index is 0.000000333. The molecule has 10 nitrogen and oxygen atoms in total. The molecule has 40 heavy (non-hydrogen) atoms. The standard InChI is InChI=1S/C20H29N3O3.2C2HF3O2/c1-15-19(16(2)26-21-15)13-23-8-6-20(7-9-23)11-17(14-25-20)22(3)12-18-5-4-10-24-18;2*3-2(4,5)1(6)7/h4-5,10,17H,6-9,11-14H2,1-3H3;2*(H,6,7). The molecule has 0 bridgehead atoms. The van der Waals surface area contributed by atoms with Gasteiger partial charge in [-0.05, 0) is 52.3 Å². The number of halogens is 6. The molecule has 2 fully saturated rings. The number of likely N-dealkylation sites (tertiary alicyclic amines) is 1. The Labute approximate surface area is 225 Å². The van der Waals surface area contributed by atoms with Crippen LogP contribution in [0.3, 0.4) is 0 Å². The fraction of sp³-hybridized carbons (Fsp3) is 0.625. The summed E-state index contributed by atoms with van der Waals surface area (Å²) in [6.45, 7) is 8.75. The third-order valence-electron chi connectivity index (χ3n) is 6.61. The Morgan fingerprint density at radius 2 is 1.65 bits per heavy atom. The Kier molecular flexibility index (Phi) is 11.2. The Hall–Kier alpha value is -3.11. The van der Waals surface area contributed by atoms with Crippen LogP contribution < -0.4 is 0 Å². The van der Waals surface area contributed by atoms with E-state index in [0.29, 0.717) is 6.04 Å². The first-order valence-corrected chi connectivity index (χ1v) is 12.0. The molecule has 226 valence electrons. The van der Waals surface area contributed by atoms with Gasteiger partial charge >= 0.3 is 24.3 Å². The normalized spacial score (nSPS) is 19.1. The number of rotatable bonds is 5. The van der Waals surface area contributed by atoms with Crippen LogP contribution in [0.25, 0.3) is 0 Å². The van der Waals surface area contributed by atoms with Gasteiger partial charge in [-0.2, -0.15) is 26.3 Å². The van der Waals surface area contributed by atoms with E-state index in [1.807, 2.05) is 26.0 Å². The highest BCUT2D eigenvalue weighted by Crippen LogP contribution is 2.38. The topological polar surface area (TPSA) is 129 Å². The molecule has 0 aromatic carbocycles. The van der Waals surface area contributed by atoms with Gasteiger partial charge in [-0.1, -0.05) is 5.16 Å². The molecule has 2 aromatic rings. The minimum Gasteiger partial charge on any atom is -0.475 e. The SMILES string of the molecule is Cc1noc(C)c1CN1CCC2(CC1)CC(N(C)Cc1ccco1)CO2.O=C(O)C(F)(F)F.O=C(O)C(F)(F)F. The molecule has 2 N–H and O–H groups in total. The molecule has 0 amide bonds. The van der Waals surface area contributed by atoms with Gasteiger partial charge in [0.15, 0.2) is 0 Å². The summed E-state index contributed by atoms with van der Waals surface area (Å²) in [5.74, 6) is -3.55. The maximum atomic E-state index is 10.6. The van der Waals surface area contributed by atoms with Crippen LogP contribution in [0.15, 0.2) is 27.3 Å². The smallest absolute Gasteiger partial charge is 0.475 e. The molecule has 1 spiro atoms. The minimum absolute atomic E-state index is 0.0529. The molecule has 2 saturated heterocycles. The molecular formula is C24H31F6N3O7. The molecule has 4 heterocycles. The van der Waals surface area contributed by atoms with Crippen molar-refractivity contribution in [1.82, 2.24) is 15.0 Å². The van der Waals surface area contributed by atoms with Crippen LogP contribution in [-0.4, -0.2) is 87.8 Å². The summed E-state index contributed by atoms with van der Waals surface area (Å²) in [5.41, 5.74) is 2.31. The molecule has 0 aliphatic carbocycles. The van der Waals surface area contributed by atoms with Crippen LogP contribution in [0.2, 0.25) is 0 Å². The lowest BCUT2D eigenvalue weighted by atomic mass is 9.87. The summed E-state index contributed by atoms with van der Waals surface area (Å²) >= 11 is 0. The van der Waals surface area contributed by atoms with Crippen molar-refractivity contribution in [3.63, 3.8) is 0 Å². The number of aryl methyl sites for hydroxylation is 2. The van der Waals surface area contributed by atoms with Gasteiger partial charge in [0.05, 0.1) is 30.7 Å². The quantitative estimate of drug-likeness (QED) is 0.486. The molecule has 0 saturated carbocycles. The highest BCUT2D eigenvalue weighted by atomic mass is 19.4. The van der Waals surface area contributed by atoms with Crippen molar-refractivity contribution >= 4 is 11.9 Å². The average molecular weight is 588 g/mol. The first kappa shape index (κ1) is 33.1. The predicted octanol–water partition coefficient (Wildman–Crippen LogP) is 4.41. The number of hydrogen-bond acceptors (Lipinski definition) is 8. The van der Waals surface area contributed by atoms with Crippen molar-refractivity contribution < 1.29 is 59.8 Å². The monoisotopic (exact) mass is 587 g/mol. The van der Waals surface area contributed by atoms with E-state index in [4.69, 9.17) is 33.5 Å². The second-order valence-corrected chi connectivity index (χ2v) is 9.53. The minimum atomic E-state index is -5.08. The number of likely N-dealkylation sites (N-methyl/N-ethyl adjacent to an activating group) is 1. The lowest BCUT2D eigenvalue weighted by Crippen LogP contribution is -2.44. The van der Waals surface area contributed by atoms with E-state index < -0.39 is 24.3 Å². The summed E-state index contributed by atoms with van der Waals surface area (Å²) in [4.78, 5) is 22.7. The largest absolute Gasteiger partial charge is 0.490 e. The Bertz CT molecular complexity index is 1050. The summed E-state index contributed by atoms with van der Waals surface area (Å²) in [5, 5.41) is 18.3. The number of nitrogens with zero attached hydrogens (tertiary/aromatic N) is 3. The van der Waals surface area contributed by atoms with Gasteiger partial charge in [0.1, 0.15) is 11.5 Å². The van der Waals surface area contributed by atoms with E-state index in [1.54, 1.807) is 6.26 Å². The molecule has 0 radical (unpaired) electrons. The van der Waals surface area contributed by atoms with E-state index in [2.05, 4.69) is 22.0 Å². The highest BCUT2D eigenvalue weighted by molar-refractivity contribution is 5.73. The van der Waals surface area contributed by atoms with Crippen molar-refractivity contribution in [2.45, 2.75) is 70.2 Å². The van der Waals surface area contributed by atoms with Crippen molar-refractivity contribution in [2.24, 2.45) is 0 Å². The predicted molar refractivity (Wildman–Crippen MR) is 125 cm³/mol. The number of alkyl halides is 6. The molecule has 2 aliphatic rings. The Morgan fingerprint density at radius 1 is 1.10 bits per heavy atom. The highest BCUT2D eigenvalue weighted by Gasteiger charge is 2.44. The van der Waals surface area contributed by atoms with E-state index >= 15 is 0 Å². The molecule has 4 rings (SSSR count). The zero-order valence-electron chi connectivity index (χ0n) is 22.0. The van der Waals surface area contributed by atoms with Crippen molar-refractivity contribution in [3.05, 3.63) is 41.2 Å². The number of aliphatic carboxylic acids is 2. The van der Waals surface area contributed by atoms with Crippen molar-refractivity contribution in [3.8, 4) is 0 Å². The molecule has 2 aliphatic heterocycles. The number of ether oxygens (including phenoxy) is 1. The van der Waals surface area contributed by atoms with Crippen LogP contribution in [0.5, 0.6) is 0 Å². The second-order valence-electron chi connectivity index (χ2n) is 9.53. The van der Waals surface area contributed by atoms with E-state index in [0.717, 1.165) is 69.3 Å². The molecule has 1 atom stereocenters. The van der Waals surface area contributed by atoms with E-state index in [1.165, 1.54) is 5.56 Å². The van der Waals surface area contributed by atoms with Crippen molar-refractivity contribution in [1.29, 1.82) is 0 Å². The van der Waals surface area contributed by atoms with Crippen LogP contribution >= 0.6 is 0 Å². The van der Waals surface area contributed by atoms with Gasteiger partial charge < -0.3 is 23.9 Å². The van der Waals surface area contributed by atoms with Gasteiger partial charge in [-0.25, -0.2) is 9.59 Å². The van der Waals surface area contributed by atoms with Gasteiger partial charge in [0, 0.05) is 31.2 Å².